The largest absolute Gasteiger partial charge is 0.441 e. The highest BCUT2D eigenvalue weighted by Crippen LogP contribution is 2.24. The van der Waals surface area contributed by atoms with Crippen LogP contribution in [0.25, 0.3) is 11.1 Å². The predicted octanol–water partition coefficient (Wildman–Crippen LogP) is 4.65. The van der Waals surface area contributed by atoms with Crippen LogP contribution in [0.4, 0.5) is 11.4 Å². The van der Waals surface area contributed by atoms with E-state index in [1.54, 1.807) is 0 Å². The van der Waals surface area contributed by atoms with Crippen molar-refractivity contribution in [1.29, 1.82) is 0 Å². The molecule has 0 spiro atoms. The van der Waals surface area contributed by atoms with Crippen LogP contribution in [0.1, 0.15) is 18.4 Å². The minimum atomic E-state index is -0.399. The monoisotopic (exact) mass is 387 g/mol. The first kappa shape index (κ1) is 16.5. The van der Waals surface area contributed by atoms with E-state index >= 15 is 0 Å². The molecule has 6 heteroatoms. The first-order valence-electron chi connectivity index (χ1n) is 7.63. The number of aromatic nitrogens is 1. The molecule has 0 aliphatic rings. The summed E-state index contributed by atoms with van der Waals surface area (Å²) in [7, 11) is 0. The Morgan fingerprint density at radius 1 is 1.21 bits per heavy atom. The van der Waals surface area contributed by atoms with Gasteiger partial charge in [-0.3, -0.25) is 4.79 Å². The molecule has 3 aromatic rings. The van der Waals surface area contributed by atoms with Gasteiger partial charge in [-0.15, -0.1) is 0 Å². The number of anilines is 2. The van der Waals surface area contributed by atoms with Gasteiger partial charge in [-0.05, 0) is 65.7 Å². The zero-order valence-corrected chi connectivity index (χ0v) is 15.3. The van der Waals surface area contributed by atoms with Crippen LogP contribution >= 0.6 is 15.9 Å². The molecule has 2 N–H and O–H groups in total. The fraction of sp³-hybridized carbons (Fsp3) is 0.222. The summed E-state index contributed by atoms with van der Waals surface area (Å²) in [6.07, 6.45) is 0. The second kappa shape index (κ2) is 6.65. The van der Waals surface area contributed by atoms with Gasteiger partial charge in [0.15, 0.2) is 11.5 Å². The normalized spacial score (nSPS) is 12.2. The topological polar surface area (TPSA) is 67.2 Å². The van der Waals surface area contributed by atoms with E-state index in [1.807, 2.05) is 57.2 Å². The van der Waals surface area contributed by atoms with Crippen molar-refractivity contribution in [3.8, 4) is 0 Å². The molecular formula is C18H18BrN3O2. The van der Waals surface area contributed by atoms with Crippen LogP contribution in [-0.4, -0.2) is 16.9 Å². The third kappa shape index (κ3) is 3.59. The molecule has 1 heterocycles. The summed E-state index contributed by atoms with van der Waals surface area (Å²) in [5.41, 5.74) is 4.20. The summed E-state index contributed by atoms with van der Waals surface area (Å²) in [6.45, 7) is 5.63. The van der Waals surface area contributed by atoms with Gasteiger partial charge in [-0.25, -0.2) is 4.98 Å². The number of hydrogen-bond acceptors (Lipinski definition) is 4. The van der Waals surface area contributed by atoms with Gasteiger partial charge in [0.1, 0.15) is 11.6 Å². The number of carbonyl (C=O) groups excluding carboxylic acids is 1. The molecular weight excluding hydrogens is 370 g/mol. The quantitative estimate of drug-likeness (QED) is 0.683. The van der Waals surface area contributed by atoms with Crippen molar-refractivity contribution in [2.75, 3.05) is 10.6 Å². The zero-order chi connectivity index (χ0) is 17.3. The average molecular weight is 388 g/mol. The summed E-state index contributed by atoms with van der Waals surface area (Å²) in [5.74, 6) is 0.508. The van der Waals surface area contributed by atoms with Crippen molar-refractivity contribution in [2.45, 2.75) is 26.8 Å². The van der Waals surface area contributed by atoms with E-state index in [2.05, 4.69) is 31.5 Å². The van der Waals surface area contributed by atoms with E-state index < -0.39 is 6.04 Å². The van der Waals surface area contributed by atoms with Crippen LogP contribution in [0.3, 0.4) is 0 Å². The highest BCUT2D eigenvalue weighted by atomic mass is 79.9. The Bertz CT molecular complexity index is 904. The SMILES string of the molecule is Cc1ccc(NC(=O)[C@H](C)Nc2ccc3oc(C)nc3c2)c(Br)c1. The third-order valence-electron chi connectivity index (χ3n) is 3.65. The Hall–Kier alpha value is -2.34. The number of nitrogens with zero attached hydrogens (tertiary/aromatic N) is 1. The van der Waals surface area contributed by atoms with Crippen molar-refractivity contribution >= 4 is 44.3 Å². The van der Waals surface area contributed by atoms with E-state index in [9.17, 15) is 4.79 Å². The Morgan fingerprint density at radius 2 is 2.00 bits per heavy atom. The number of hydrogen-bond donors (Lipinski definition) is 2. The van der Waals surface area contributed by atoms with E-state index in [0.29, 0.717) is 5.89 Å². The molecule has 0 fully saturated rings. The van der Waals surface area contributed by atoms with Gasteiger partial charge in [0.05, 0.1) is 5.69 Å². The van der Waals surface area contributed by atoms with Gasteiger partial charge < -0.3 is 15.1 Å². The maximum Gasteiger partial charge on any atom is 0.246 e. The smallest absolute Gasteiger partial charge is 0.246 e. The summed E-state index contributed by atoms with van der Waals surface area (Å²) in [5, 5.41) is 6.10. The fourth-order valence-corrected chi connectivity index (χ4v) is 3.00. The Morgan fingerprint density at radius 3 is 2.75 bits per heavy atom. The van der Waals surface area contributed by atoms with E-state index in [1.165, 1.54) is 0 Å². The molecule has 124 valence electrons. The highest BCUT2D eigenvalue weighted by molar-refractivity contribution is 9.10. The lowest BCUT2D eigenvalue weighted by Gasteiger charge is -2.16. The zero-order valence-electron chi connectivity index (χ0n) is 13.7. The Kier molecular flexibility index (Phi) is 4.57. The number of halogens is 1. The summed E-state index contributed by atoms with van der Waals surface area (Å²) < 4.78 is 6.32. The lowest BCUT2D eigenvalue weighted by Crippen LogP contribution is -2.31. The number of amides is 1. The summed E-state index contributed by atoms with van der Waals surface area (Å²) in [4.78, 5) is 16.7. The maximum absolute atomic E-state index is 12.4. The highest BCUT2D eigenvalue weighted by Gasteiger charge is 2.15. The molecule has 24 heavy (non-hydrogen) atoms. The second-order valence-corrected chi connectivity index (χ2v) is 6.61. The van der Waals surface area contributed by atoms with Crippen LogP contribution in [-0.2, 0) is 4.79 Å². The number of oxazole rings is 1. The fourth-order valence-electron chi connectivity index (χ4n) is 2.41. The van der Waals surface area contributed by atoms with E-state index in [0.717, 1.165) is 32.5 Å². The van der Waals surface area contributed by atoms with Crippen molar-refractivity contribution in [3.05, 3.63) is 52.3 Å². The first-order chi connectivity index (χ1) is 11.4. The number of nitrogens with one attached hydrogen (secondary N) is 2. The minimum Gasteiger partial charge on any atom is -0.441 e. The number of rotatable bonds is 4. The van der Waals surface area contributed by atoms with Gasteiger partial charge in [-0.2, -0.15) is 0 Å². The molecule has 0 bridgehead atoms. The van der Waals surface area contributed by atoms with Gasteiger partial charge in [0.25, 0.3) is 0 Å². The predicted molar refractivity (Wildman–Crippen MR) is 99.3 cm³/mol. The Labute approximate surface area is 148 Å². The van der Waals surface area contributed by atoms with Crippen molar-refractivity contribution < 1.29 is 9.21 Å². The van der Waals surface area contributed by atoms with E-state index in [-0.39, 0.29) is 5.91 Å². The molecule has 2 aromatic carbocycles. The maximum atomic E-state index is 12.4. The van der Waals surface area contributed by atoms with Gasteiger partial charge in [0, 0.05) is 17.1 Å². The second-order valence-electron chi connectivity index (χ2n) is 5.75. The molecule has 5 nitrogen and oxygen atoms in total. The molecule has 0 aliphatic carbocycles. The van der Waals surface area contributed by atoms with Crippen molar-refractivity contribution in [3.63, 3.8) is 0 Å². The summed E-state index contributed by atoms with van der Waals surface area (Å²) in [6, 6.07) is 11.0. The third-order valence-corrected chi connectivity index (χ3v) is 4.31. The lowest BCUT2D eigenvalue weighted by molar-refractivity contribution is -0.116. The first-order valence-corrected chi connectivity index (χ1v) is 8.42. The number of carbonyl (C=O) groups is 1. The summed E-state index contributed by atoms with van der Waals surface area (Å²) >= 11 is 3.47. The van der Waals surface area contributed by atoms with Crippen LogP contribution < -0.4 is 10.6 Å². The molecule has 0 radical (unpaired) electrons. The average Bonchev–Trinajstić information content (AvgIpc) is 2.89. The molecule has 0 saturated heterocycles. The molecule has 0 saturated carbocycles. The standard InChI is InChI=1S/C18H18BrN3O2/c1-10-4-6-15(14(19)8-10)22-18(23)11(2)20-13-5-7-17-16(9-13)21-12(3)24-17/h4-9,11,20H,1-3H3,(H,22,23)/t11-/m0/s1. The van der Waals surface area contributed by atoms with Gasteiger partial charge >= 0.3 is 0 Å². The van der Waals surface area contributed by atoms with Gasteiger partial charge in [0.2, 0.25) is 5.91 Å². The van der Waals surface area contributed by atoms with Crippen molar-refractivity contribution in [1.82, 2.24) is 4.98 Å². The van der Waals surface area contributed by atoms with Crippen LogP contribution in [0.5, 0.6) is 0 Å². The van der Waals surface area contributed by atoms with Crippen LogP contribution in [0.2, 0.25) is 0 Å². The molecule has 1 atom stereocenters. The molecule has 0 aliphatic heterocycles. The molecule has 1 amide bonds. The van der Waals surface area contributed by atoms with Crippen molar-refractivity contribution in [2.24, 2.45) is 0 Å². The molecule has 3 rings (SSSR count). The molecule has 0 unspecified atom stereocenters. The minimum absolute atomic E-state index is 0.115. The Balaban J connectivity index is 1.70. The number of aryl methyl sites for hydroxylation is 2. The van der Waals surface area contributed by atoms with Crippen LogP contribution in [0, 0.1) is 13.8 Å². The van der Waals surface area contributed by atoms with Gasteiger partial charge in [-0.1, -0.05) is 6.07 Å². The molecule has 1 aromatic heterocycles. The lowest BCUT2D eigenvalue weighted by atomic mass is 10.2. The van der Waals surface area contributed by atoms with E-state index in [4.69, 9.17) is 4.42 Å². The van der Waals surface area contributed by atoms with Crippen LogP contribution in [0.15, 0.2) is 45.3 Å². The number of fused-ring (bicyclic) bond motifs is 1. The number of benzene rings is 2.